The first-order chi connectivity index (χ1) is 10.4. The van der Waals surface area contributed by atoms with Crippen LogP contribution in [0, 0.1) is 25.2 Å². The average molecular weight is 316 g/mol. The van der Waals surface area contributed by atoms with Gasteiger partial charge >= 0.3 is 0 Å². The normalized spacial score (nSPS) is 10.1. The molecule has 1 heterocycles. The number of carbonyl (C=O) groups excluding carboxylic acids is 1. The van der Waals surface area contributed by atoms with Gasteiger partial charge in [0, 0.05) is 16.4 Å². The largest absolute Gasteiger partial charge is 0.324 e. The standard InChI is InChI=1S/C16H14ClN3O2/c1-10-3-6-13(17)7-14(10)19-15(21)9-20-11(2)4-5-12(8-18)16(20)22/h3-7H,9H2,1-2H3,(H,19,21). The van der Waals surface area contributed by atoms with Crippen molar-refractivity contribution in [1.82, 2.24) is 4.57 Å². The highest BCUT2D eigenvalue weighted by atomic mass is 35.5. The van der Waals surface area contributed by atoms with Crippen molar-refractivity contribution in [3.63, 3.8) is 0 Å². The highest BCUT2D eigenvalue weighted by Gasteiger charge is 2.11. The summed E-state index contributed by atoms with van der Waals surface area (Å²) >= 11 is 5.91. The van der Waals surface area contributed by atoms with E-state index in [2.05, 4.69) is 5.32 Å². The number of anilines is 1. The van der Waals surface area contributed by atoms with Gasteiger partial charge < -0.3 is 9.88 Å². The minimum atomic E-state index is -0.472. The number of nitriles is 1. The number of hydrogen-bond donors (Lipinski definition) is 1. The minimum Gasteiger partial charge on any atom is -0.324 e. The van der Waals surface area contributed by atoms with Crippen LogP contribution in [0.4, 0.5) is 5.69 Å². The lowest BCUT2D eigenvalue weighted by atomic mass is 10.2. The monoisotopic (exact) mass is 315 g/mol. The van der Waals surface area contributed by atoms with Crippen molar-refractivity contribution < 1.29 is 4.79 Å². The predicted molar refractivity (Wildman–Crippen MR) is 85.0 cm³/mol. The second kappa shape index (κ2) is 6.46. The van der Waals surface area contributed by atoms with E-state index in [-0.39, 0.29) is 18.0 Å². The second-order valence-electron chi connectivity index (χ2n) is 4.90. The van der Waals surface area contributed by atoms with Crippen LogP contribution >= 0.6 is 11.6 Å². The van der Waals surface area contributed by atoms with Gasteiger partial charge in [-0.05, 0) is 43.7 Å². The lowest BCUT2D eigenvalue weighted by Gasteiger charge is -2.12. The lowest BCUT2D eigenvalue weighted by molar-refractivity contribution is -0.116. The van der Waals surface area contributed by atoms with Gasteiger partial charge in [0.25, 0.3) is 5.56 Å². The molecule has 5 nitrogen and oxygen atoms in total. The molecule has 0 aliphatic rings. The van der Waals surface area contributed by atoms with Crippen molar-refractivity contribution in [3.05, 3.63) is 62.5 Å². The highest BCUT2D eigenvalue weighted by molar-refractivity contribution is 6.31. The predicted octanol–water partition coefficient (Wildman–Crippen LogP) is 2.63. The Morgan fingerprint density at radius 1 is 1.32 bits per heavy atom. The molecule has 2 rings (SSSR count). The Labute approximate surface area is 132 Å². The fourth-order valence-corrected chi connectivity index (χ4v) is 2.19. The van der Waals surface area contributed by atoms with Crippen LogP contribution in [0.5, 0.6) is 0 Å². The fraction of sp³-hybridized carbons (Fsp3) is 0.188. The Morgan fingerprint density at radius 3 is 2.73 bits per heavy atom. The van der Waals surface area contributed by atoms with E-state index in [0.717, 1.165) is 5.56 Å². The molecule has 0 unspecified atom stereocenters. The molecule has 0 bridgehead atoms. The zero-order valence-electron chi connectivity index (χ0n) is 12.2. The number of hydrogen-bond acceptors (Lipinski definition) is 3. The number of amides is 1. The van der Waals surface area contributed by atoms with E-state index >= 15 is 0 Å². The maximum Gasteiger partial charge on any atom is 0.269 e. The SMILES string of the molecule is Cc1ccc(Cl)cc1NC(=O)Cn1c(C)ccc(C#N)c1=O. The summed E-state index contributed by atoms with van der Waals surface area (Å²) in [6, 6.07) is 10.1. The van der Waals surface area contributed by atoms with Crippen molar-refractivity contribution in [2.24, 2.45) is 0 Å². The molecule has 0 aliphatic carbocycles. The number of halogens is 1. The first-order valence-electron chi connectivity index (χ1n) is 6.59. The Hall–Kier alpha value is -2.58. The molecule has 0 radical (unpaired) electrons. The van der Waals surface area contributed by atoms with Crippen LogP contribution in [0.1, 0.15) is 16.8 Å². The molecule has 0 aliphatic heterocycles. The summed E-state index contributed by atoms with van der Waals surface area (Å²) in [4.78, 5) is 24.2. The van der Waals surface area contributed by atoms with Crippen LogP contribution in [0.15, 0.2) is 35.1 Å². The number of nitrogens with zero attached hydrogens (tertiary/aromatic N) is 2. The number of aromatic nitrogens is 1. The van der Waals surface area contributed by atoms with E-state index in [1.54, 1.807) is 31.2 Å². The van der Waals surface area contributed by atoms with E-state index in [9.17, 15) is 9.59 Å². The molecule has 0 saturated heterocycles. The number of aryl methyl sites for hydroxylation is 2. The topological polar surface area (TPSA) is 74.9 Å². The van der Waals surface area contributed by atoms with E-state index in [0.29, 0.717) is 16.4 Å². The molecular formula is C16H14ClN3O2. The van der Waals surface area contributed by atoms with E-state index in [1.807, 2.05) is 13.0 Å². The van der Waals surface area contributed by atoms with Gasteiger partial charge in [-0.25, -0.2) is 0 Å². The number of nitrogens with one attached hydrogen (secondary N) is 1. The van der Waals surface area contributed by atoms with E-state index < -0.39 is 5.56 Å². The third-order valence-electron chi connectivity index (χ3n) is 3.29. The van der Waals surface area contributed by atoms with Crippen molar-refractivity contribution in [1.29, 1.82) is 5.26 Å². The molecule has 1 aromatic heterocycles. The summed E-state index contributed by atoms with van der Waals surface area (Å²) in [5, 5.41) is 12.1. The maximum atomic E-state index is 12.2. The van der Waals surface area contributed by atoms with Crippen LogP contribution in [0.25, 0.3) is 0 Å². The summed E-state index contributed by atoms with van der Waals surface area (Å²) < 4.78 is 1.27. The van der Waals surface area contributed by atoms with Gasteiger partial charge in [0.05, 0.1) is 0 Å². The summed E-state index contributed by atoms with van der Waals surface area (Å²) in [5.41, 5.74) is 1.62. The van der Waals surface area contributed by atoms with Gasteiger partial charge in [-0.2, -0.15) is 5.26 Å². The van der Waals surface area contributed by atoms with Crippen LogP contribution in [0.2, 0.25) is 5.02 Å². The molecule has 0 atom stereocenters. The molecule has 112 valence electrons. The van der Waals surface area contributed by atoms with E-state index in [1.165, 1.54) is 10.6 Å². The molecule has 22 heavy (non-hydrogen) atoms. The number of pyridine rings is 1. The lowest BCUT2D eigenvalue weighted by Crippen LogP contribution is -2.30. The Kier molecular flexibility index (Phi) is 4.64. The first kappa shape index (κ1) is 15.8. The van der Waals surface area contributed by atoms with Crippen molar-refractivity contribution >= 4 is 23.2 Å². The average Bonchev–Trinajstić information content (AvgIpc) is 2.47. The Morgan fingerprint density at radius 2 is 2.05 bits per heavy atom. The van der Waals surface area contributed by atoms with Gasteiger partial charge in [-0.1, -0.05) is 17.7 Å². The van der Waals surface area contributed by atoms with Gasteiger partial charge in [-0.15, -0.1) is 0 Å². The van der Waals surface area contributed by atoms with Gasteiger partial charge in [-0.3, -0.25) is 9.59 Å². The smallest absolute Gasteiger partial charge is 0.269 e. The zero-order valence-corrected chi connectivity index (χ0v) is 12.9. The van der Waals surface area contributed by atoms with Crippen LogP contribution in [-0.2, 0) is 11.3 Å². The number of rotatable bonds is 3. The van der Waals surface area contributed by atoms with Gasteiger partial charge in [0.2, 0.25) is 5.91 Å². The van der Waals surface area contributed by atoms with E-state index in [4.69, 9.17) is 16.9 Å². The van der Waals surface area contributed by atoms with Crippen molar-refractivity contribution in [2.45, 2.75) is 20.4 Å². The maximum absolute atomic E-state index is 12.2. The quantitative estimate of drug-likeness (QED) is 0.946. The molecule has 1 N–H and O–H groups in total. The summed E-state index contributed by atoms with van der Waals surface area (Å²) in [6.07, 6.45) is 0. The zero-order chi connectivity index (χ0) is 16.3. The van der Waals surface area contributed by atoms with Crippen LogP contribution < -0.4 is 10.9 Å². The Balaban J connectivity index is 2.25. The minimum absolute atomic E-state index is 0.0114. The molecule has 0 fully saturated rings. The molecule has 1 amide bonds. The summed E-state index contributed by atoms with van der Waals surface area (Å²) in [5.74, 6) is -0.356. The second-order valence-corrected chi connectivity index (χ2v) is 5.34. The van der Waals surface area contributed by atoms with Crippen LogP contribution in [0.3, 0.4) is 0 Å². The molecule has 6 heteroatoms. The number of carbonyl (C=O) groups is 1. The summed E-state index contributed by atoms with van der Waals surface area (Å²) in [7, 11) is 0. The summed E-state index contributed by atoms with van der Waals surface area (Å²) in [6.45, 7) is 3.40. The highest BCUT2D eigenvalue weighted by Crippen LogP contribution is 2.20. The third kappa shape index (κ3) is 3.35. The molecular weight excluding hydrogens is 302 g/mol. The van der Waals surface area contributed by atoms with Crippen LogP contribution in [-0.4, -0.2) is 10.5 Å². The molecule has 1 aromatic carbocycles. The molecule has 2 aromatic rings. The van der Waals surface area contributed by atoms with Gasteiger partial charge in [0.15, 0.2) is 0 Å². The van der Waals surface area contributed by atoms with Crippen molar-refractivity contribution in [3.8, 4) is 6.07 Å². The third-order valence-corrected chi connectivity index (χ3v) is 3.52. The Bertz CT molecular complexity index is 834. The number of benzene rings is 1. The molecule has 0 saturated carbocycles. The molecule has 0 spiro atoms. The van der Waals surface area contributed by atoms with Crippen molar-refractivity contribution in [2.75, 3.05) is 5.32 Å². The first-order valence-corrected chi connectivity index (χ1v) is 6.96. The van der Waals surface area contributed by atoms with Gasteiger partial charge in [0.1, 0.15) is 18.2 Å². The fourth-order valence-electron chi connectivity index (χ4n) is 2.01.